The summed E-state index contributed by atoms with van der Waals surface area (Å²) in [6.45, 7) is 1.89. The second-order valence-electron chi connectivity index (χ2n) is 5.90. The van der Waals surface area contributed by atoms with Crippen molar-refractivity contribution >= 4 is 23.0 Å². The Balaban J connectivity index is 1.69. The Morgan fingerprint density at radius 2 is 1.77 bits per heavy atom. The lowest BCUT2D eigenvalue weighted by Gasteiger charge is -2.09. The van der Waals surface area contributed by atoms with Gasteiger partial charge in [-0.3, -0.25) is 4.79 Å². The number of hydrogen-bond donors (Lipinski definition) is 1. The van der Waals surface area contributed by atoms with E-state index in [0.29, 0.717) is 11.5 Å². The minimum absolute atomic E-state index is 0.209. The Kier molecular flexibility index (Phi) is 5.27. The van der Waals surface area contributed by atoms with E-state index in [1.807, 2.05) is 49.4 Å². The molecule has 134 valence electrons. The van der Waals surface area contributed by atoms with Crippen LogP contribution in [0.2, 0.25) is 0 Å². The predicted molar refractivity (Wildman–Crippen MR) is 101 cm³/mol. The number of para-hydroxylation sites is 1. The Morgan fingerprint density at radius 1 is 1.08 bits per heavy atom. The first-order chi connectivity index (χ1) is 12.6. The number of ether oxygens (including phenoxy) is 2. The molecule has 1 aromatic heterocycles. The standard InChI is InChI=1S/C21H21NO4/c1-14(20-12-16-6-4-5-7-19(16)26-20)22-21(23)9-8-15-10-17(24-2)13-18(11-15)25-3/h4-14H,1-3H3,(H,22,23)/b9-8+. The quantitative estimate of drug-likeness (QED) is 0.671. The summed E-state index contributed by atoms with van der Waals surface area (Å²) in [5.74, 6) is 1.84. The number of furan rings is 1. The van der Waals surface area contributed by atoms with Crippen LogP contribution >= 0.6 is 0 Å². The zero-order valence-corrected chi connectivity index (χ0v) is 15.0. The van der Waals surface area contributed by atoms with Crippen molar-refractivity contribution in [3.63, 3.8) is 0 Å². The highest BCUT2D eigenvalue weighted by molar-refractivity contribution is 5.92. The molecule has 1 N–H and O–H groups in total. The van der Waals surface area contributed by atoms with Crippen molar-refractivity contribution in [1.29, 1.82) is 0 Å². The molecule has 3 aromatic rings. The molecule has 0 aliphatic heterocycles. The fourth-order valence-corrected chi connectivity index (χ4v) is 2.65. The van der Waals surface area contributed by atoms with E-state index >= 15 is 0 Å². The molecule has 0 fully saturated rings. The van der Waals surface area contributed by atoms with E-state index < -0.39 is 0 Å². The van der Waals surface area contributed by atoms with Crippen LogP contribution in [0.3, 0.4) is 0 Å². The second kappa shape index (κ2) is 7.78. The summed E-state index contributed by atoms with van der Waals surface area (Å²) in [5.41, 5.74) is 1.62. The van der Waals surface area contributed by atoms with E-state index in [1.54, 1.807) is 26.4 Å². The van der Waals surface area contributed by atoms with Gasteiger partial charge in [-0.1, -0.05) is 18.2 Å². The number of fused-ring (bicyclic) bond motifs is 1. The average Bonchev–Trinajstić information content (AvgIpc) is 3.10. The monoisotopic (exact) mass is 351 g/mol. The molecule has 1 atom stereocenters. The summed E-state index contributed by atoms with van der Waals surface area (Å²) < 4.78 is 16.2. The largest absolute Gasteiger partial charge is 0.497 e. The molecular weight excluding hydrogens is 330 g/mol. The molecule has 0 radical (unpaired) electrons. The third-order valence-corrected chi connectivity index (χ3v) is 4.03. The number of benzene rings is 2. The summed E-state index contributed by atoms with van der Waals surface area (Å²) in [6, 6.07) is 14.9. The van der Waals surface area contributed by atoms with Crippen molar-refractivity contribution in [3.05, 3.63) is 65.9 Å². The highest BCUT2D eigenvalue weighted by Gasteiger charge is 2.12. The van der Waals surface area contributed by atoms with E-state index in [-0.39, 0.29) is 11.9 Å². The third kappa shape index (κ3) is 4.06. The molecule has 3 rings (SSSR count). The SMILES string of the molecule is COc1cc(/C=C/C(=O)NC(C)c2cc3ccccc3o2)cc(OC)c1. The van der Waals surface area contributed by atoms with E-state index in [1.165, 1.54) is 6.08 Å². The number of amides is 1. The number of hydrogen-bond acceptors (Lipinski definition) is 4. The van der Waals surface area contributed by atoms with Gasteiger partial charge in [-0.25, -0.2) is 0 Å². The molecule has 0 aliphatic carbocycles. The number of rotatable bonds is 6. The average molecular weight is 351 g/mol. The Hall–Kier alpha value is -3.21. The predicted octanol–water partition coefficient (Wildman–Crippen LogP) is 4.34. The Labute approximate surface area is 152 Å². The van der Waals surface area contributed by atoms with Crippen molar-refractivity contribution in [1.82, 2.24) is 5.32 Å². The number of methoxy groups -OCH3 is 2. The van der Waals surface area contributed by atoms with Gasteiger partial charge in [-0.15, -0.1) is 0 Å². The third-order valence-electron chi connectivity index (χ3n) is 4.03. The molecule has 0 bridgehead atoms. The van der Waals surface area contributed by atoms with Gasteiger partial charge in [0.15, 0.2) is 0 Å². The molecule has 2 aromatic carbocycles. The lowest BCUT2D eigenvalue weighted by atomic mass is 10.1. The maximum absolute atomic E-state index is 12.2. The molecule has 1 unspecified atom stereocenters. The summed E-state index contributed by atoms with van der Waals surface area (Å²) in [6.07, 6.45) is 3.19. The van der Waals surface area contributed by atoms with Crippen molar-refractivity contribution < 1.29 is 18.7 Å². The van der Waals surface area contributed by atoms with E-state index in [2.05, 4.69) is 5.32 Å². The highest BCUT2D eigenvalue weighted by Crippen LogP contribution is 2.24. The van der Waals surface area contributed by atoms with Crippen LogP contribution in [0.25, 0.3) is 17.0 Å². The van der Waals surface area contributed by atoms with Crippen molar-refractivity contribution in [2.75, 3.05) is 14.2 Å². The summed E-state index contributed by atoms with van der Waals surface area (Å²) in [4.78, 5) is 12.2. The first-order valence-electron chi connectivity index (χ1n) is 8.29. The van der Waals surface area contributed by atoms with Gasteiger partial charge in [-0.05, 0) is 42.8 Å². The van der Waals surface area contributed by atoms with Gasteiger partial charge in [0.25, 0.3) is 0 Å². The van der Waals surface area contributed by atoms with E-state index in [4.69, 9.17) is 13.9 Å². The molecule has 0 aliphatic rings. The molecule has 26 heavy (non-hydrogen) atoms. The molecular formula is C21H21NO4. The van der Waals surface area contributed by atoms with Gasteiger partial charge in [0, 0.05) is 17.5 Å². The zero-order valence-electron chi connectivity index (χ0n) is 15.0. The van der Waals surface area contributed by atoms with Gasteiger partial charge in [0.2, 0.25) is 5.91 Å². The zero-order chi connectivity index (χ0) is 18.5. The minimum atomic E-state index is -0.237. The highest BCUT2D eigenvalue weighted by atomic mass is 16.5. The van der Waals surface area contributed by atoms with E-state index in [0.717, 1.165) is 22.3 Å². The number of nitrogens with one attached hydrogen (secondary N) is 1. The molecule has 1 amide bonds. The fraction of sp³-hybridized carbons (Fsp3) is 0.190. The Bertz CT molecular complexity index is 887. The van der Waals surface area contributed by atoms with Crippen LogP contribution in [0.15, 0.2) is 59.0 Å². The van der Waals surface area contributed by atoms with Crippen LogP contribution in [0.1, 0.15) is 24.3 Å². The molecule has 1 heterocycles. The van der Waals surface area contributed by atoms with Crippen LogP contribution in [0, 0.1) is 0 Å². The Morgan fingerprint density at radius 3 is 2.42 bits per heavy atom. The maximum Gasteiger partial charge on any atom is 0.244 e. The second-order valence-corrected chi connectivity index (χ2v) is 5.90. The fourth-order valence-electron chi connectivity index (χ4n) is 2.65. The molecule has 0 spiro atoms. The van der Waals surface area contributed by atoms with Crippen LogP contribution in [-0.2, 0) is 4.79 Å². The van der Waals surface area contributed by atoms with Crippen LogP contribution < -0.4 is 14.8 Å². The summed E-state index contributed by atoms with van der Waals surface area (Å²) in [5, 5.41) is 3.92. The first kappa shape index (κ1) is 17.6. The van der Waals surface area contributed by atoms with Gasteiger partial charge in [0.05, 0.1) is 20.3 Å². The van der Waals surface area contributed by atoms with E-state index in [9.17, 15) is 4.79 Å². The lowest BCUT2D eigenvalue weighted by molar-refractivity contribution is -0.117. The molecule has 5 nitrogen and oxygen atoms in total. The lowest BCUT2D eigenvalue weighted by Crippen LogP contribution is -2.24. The van der Waals surface area contributed by atoms with Crippen molar-refractivity contribution in [3.8, 4) is 11.5 Å². The molecule has 0 saturated heterocycles. The normalized spacial score (nSPS) is 12.3. The number of carbonyl (C=O) groups excluding carboxylic acids is 1. The minimum Gasteiger partial charge on any atom is -0.497 e. The summed E-state index contributed by atoms with van der Waals surface area (Å²) in [7, 11) is 3.17. The smallest absolute Gasteiger partial charge is 0.244 e. The van der Waals surface area contributed by atoms with Gasteiger partial charge >= 0.3 is 0 Å². The topological polar surface area (TPSA) is 60.7 Å². The van der Waals surface area contributed by atoms with Crippen LogP contribution in [0.5, 0.6) is 11.5 Å². The van der Waals surface area contributed by atoms with Crippen molar-refractivity contribution in [2.24, 2.45) is 0 Å². The summed E-state index contributed by atoms with van der Waals surface area (Å²) >= 11 is 0. The van der Waals surface area contributed by atoms with Gasteiger partial charge in [0.1, 0.15) is 22.8 Å². The van der Waals surface area contributed by atoms with Gasteiger partial charge in [-0.2, -0.15) is 0 Å². The number of carbonyl (C=O) groups is 1. The first-order valence-corrected chi connectivity index (χ1v) is 8.29. The van der Waals surface area contributed by atoms with Crippen LogP contribution in [-0.4, -0.2) is 20.1 Å². The van der Waals surface area contributed by atoms with Crippen LogP contribution in [0.4, 0.5) is 0 Å². The van der Waals surface area contributed by atoms with Gasteiger partial charge < -0.3 is 19.2 Å². The molecule has 5 heteroatoms. The maximum atomic E-state index is 12.2. The van der Waals surface area contributed by atoms with Crippen molar-refractivity contribution in [2.45, 2.75) is 13.0 Å². The molecule has 0 saturated carbocycles.